The first kappa shape index (κ1) is 19.5. The number of fused-ring (bicyclic) bond motifs is 1. The molecule has 1 aromatic heterocycles. The smallest absolute Gasteiger partial charge is 0.340 e. The lowest BCUT2D eigenvalue weighted by molar-refractivity contribution is -0.114. The number of benzene rings is 2. The van der Waals surface area contributed by atoms with E-state index in [9.17, 15) is 14.4 Å². The van der Waals surface area contributed by atoms with Crippen LogP contribution in [0.2, 0.25) is 5.02 Å². The molecule has 1 heterocycles. The van der Waals surface area contributed by atoms with Crippen LogP contribution in [-0.2, 0) is 9.53 Å². The van der Waals surface area contributed by atoms with Crippen LogP contribution in [0, 0.1) is 6.92 Å². The van der Waals surface area contributed by atoms with Crippen LogP contribution < -0.4 is 5.32 Å². The molecular weight excluding hydrogens is 380 g/mol. The summed E-state index contributed by atoms with van der Waals surface area (Å²) in [5.41, 5.74) is 2.46. The Labute approximate surface area is 166 Å². The Balaban J connectivity index is 1.69. The number of rotatable bonds is 5. The molecule has 7 heteroatoms. The third-order valence-corrected chi connectivity index (χ3v) is 4.28. The first-order chi connectivity index (χ1) is 13.3. The van der Waals surface area contributed by atoms with Gasteiger partial charge in [0.25, 0.3) is 0 Å². The Morgan fingerprint density at radius 3 is 2.46 bits per heavy atom. The number of carbonyl (C=O) groups is 3. The molecule has 0 bridgehead atoms. The Bertz CT molecular complexity index is 1080. The van der Waals surface area contributed by atoms with E-state index in [0.717, 1.165) is 0 Å². The van der Waals surface area contributed by atoms with E-state index >= 15 is 0 Å². The van der Waals surface area contributed by atoms with Crippen molar-refractivity contribution in [2.75, 3.05) is 11.9 Å². The van der Waals surface area contributed by atoms with Crippen LogP contribution in [0.15, 0.2) is 48.5 Å². The second-order valence-electron chi connectivity index (χ2n) is 6.22. The predicted molar refractivity (Wildman–Crippen MR) is 107 cm³/mol. The molecule has 0 saturated carbocycles. The number of aromatic nitrogens is 1. The number of amides is 1. The number of nitrogens with zero attached hydrogens (tertiary/aromatic N) is 1. The molecule has 1 amide bonds. The minimum Gasteiger partial charge on any atom is -0.454 e. The van der Waals surface area contributed by atoms with Crippen molar-refractivity contribution in [3.05, 3.63) is 70.4 Å². The standard InChI is InChI=1S/C21H17ClN2O4/c1-12-18(10-15-9-16(22)5-8-19(15)23-12)21(27)28-11-20(26)14-3-6-17(7-4-14)24-13(2)25/h3-10H,11H2,1-2H3,(H,24,25). The van der Waals surface area contributed by atoms with Crippen LogP contribution in [0.25, 0.3) is 10.9 Å². The summed E-state index contributed by atoms with van der Waals surface area (Å²) in [4.78, 5) is 40.1. The first-order valence-electron chi connectivity index (χ1n) is 8.48. The number of halogens is 1. The number of carbonyl (C=O) groups excluding carboxylic acids is 3. The summed E-state index contributed by atoms with van der Waals surface area (Å²) >= 11 is 5.99. The number of nitrogens with one attached hydrogen (secondary N) is 1. The molecule has 0 saturated heterocycles. The van der Waals surface area contributed by atoms with E-state index in [1.54, 1.807) is 55.5 Å². The quantitative estimate of drug-likeness (QED) is 0.516. The van der Waals surface area contributed by atoms with Crippen molar-refractivity contribution in [1.29, 1.82) is 0 Å². The number of aryl methyl sites for hydroxylation is 1. The van der Waals surface area contributed by atoms with Gasteiger partial charge in [0, 0.05) is 28.6 Å². The van der Waals surface area contributed by atoms with Gasteiger partial charge in [0.1, 0.15) is 0 Å². The predicted octanol–water partition coefficient (Wildman–Crippen LogP) is 4.19. The molecule has 0 aliphatic carbocycles. The number of esters is 1. The van der Waals surface area contributed by atoms with Gasteiger partial charge >= 0.3 is 5.97 Å². The maximum Gasteiger partial charge on any atom is 0.340 e. The van der Waals surface area contributed by atoms with E-state index in [1.165, 1.54) is 6.92 Å². The Hall–Kier alpha value is -3.25. The Morgan fingerprint density at radius 2 is 1.79 bits per heavy atom. The van der Waals surface area contributed by atoms with Crippen molar-refractivity contribution in [2.24, 2.45) is 0 Å². The number of Topliss-reactive ketones (excluding diaryl/α,β-unsaturated/α-hetero) is 1. The second kappa shape index (κ2) is 8.19. The van der Waals surface area contributed by atoms with Gasteiger partial charge in [-0.1, -0.05) is 11.6 Å². The molecule has 142 valence electrons. The van der Waals surface area contributed by atoms with E-state index < -0.39 is 12.6 Å². The number of hydrogen-bond donors (Lipinski definition) is 1. The molecule has 0 spiro atoms. The third-order valence-electron chi connectivity index (χ3n) is 4.05. The van der Waals surface area contributed by atoms with E-state index in [1.807, 2.05) is 0 Å². The number of ether oxygens (including phenoxy) is 1. The summed E-state index contributed by atoms with van der Waals surface area (Å²) in [6.45, 7) is 2.70. The molecule has 6 nitrogen and oxygen atoms in total. The normalized spacial score (nSPS) is 10.5. The van der Waals surface area contributed by atoms with Gasteiger partial charge < -0.3 is 10.1 Å². The number of ketones is 1. The largest absolute Gasteiger partial charge is 0.454 e. The number of pyridine rings is 1. The van der Waals surface area contributed by atoms with Crippen LogP contribution in [-0.4, -0.2) is 29.3 Å². The summed E-state index contributed by atoms with van der Waals surface area (Å²) in [6, 6.07) is 13.2. The van der Waals surface area contributed by atoms with Crippen LogP contribution in [0.5, 0.6) is 0 Å². The van der Waals surface area contributed by atoms with Gasteiger partial charge in [-0.05, 0) is 55.5 Å². The van der Waals surface area contributed by atoms with Crippen molar-refractivity contribution in [3.63, 3.8) is 0 Å². The van der Waals surface area contributed by atoms with Crippen molar-refractivity contribution in [1.82, 2.24) is 4.98 Å². The van der Waals surface area contributed by atoms with Gasteiger partial charge in [0.05, 0.1) is 16.8 Å². The lowest BCUT2D eigenvalue weighted by Gasteiger charge is -2.09. The zero-order valence-electron chi connectivity index (χ0n) is 15.3. The topological polar surface area (TPSA) is 85.4 Å². The summed E-state index contributed by atoms with van der Waals surface area (Å²) < 4.78 is 5.17. The molecular formula is C21H17ClN2O4. The van der Waals surface area contributed by atoms with Crippen molar-refractivity contribution < 1.29 is 19.1 Å². The average molecular weight is 397 g/mol. The molecule has 0 atom stereocenters. The van der Waals surface area contributed by atoms with E-state index in [2.05, 4.69) is 10.3 Å². The molecule has 0 unspecified atom stereocenters. The zero-order chi connectivity index (χ0) is 20.3. The molecule has 3 aromatic rings. The molecule has 0 fully saturated rings. The van der Waals surface area contributed by atoms with Crippen LogP contribution in [0.3, 0.4) is 0 Å². The molecule has 0 radical (unpaired) electrons. The Kier molecular flexibility index (Phi) is 5.70. The SMILES string of the molecule is CC(=O)Nc1ccc(C(=O)COC(=O)c2cc3cc(Cl)ccc3nc2C)cc1. The minimum absolute atomic E-state index is 0.200. The van der Waals surface area contributed by atoms with Crippen LogP contribution in [0.1, 0.15) is 33.3 Å². The molecule has 0 aliphatic rings. The summed E-state index contributed by atoms with van der Waals surface area (Å²) in [5, 5.41) is 3.87. The summed E-state index contributed by atoms with van der Waals surface area (Å²) in [6.07, 6.45) is 0. The molecule has 3 rings (SSSR count). The van der Waals surface area contributed by atoms with E-state index in [-0.39, 0.29) is 17.3 Å². The second-order valence-corrected chi connectivity index (χ2v) is 6.65. The van der Waals surface area contributed by atoms with Gasteiger partial charge in [0.2, 0.25) is 5.91 Å². The summed E-state index contributed by atoms with van der Waals surface area (Å²) in [7, 11) is 0. The van der Waals surface area contributed by atoms with Gasteiger partial charge in [-0.25, -0.2) is 4.79 Å². The Morgan fingerprint density at radius 1 is 1.07 bits per heavy atom. The van der Waals surface area contributed by atoms with Crippen molar-refractivity contribution >= 4 is 45.9 Å². The fourth-order valence-electron chi connectivity index (χ4n) is 2.69. The highest BCUT2D eigenvalue weighted by Crippen LogP contribution is 2.21. The average Bonchev–Trinajstić information content (AvgIpc) is 2.65. The maximum atomic E-state index is 12.4. The molecule has 1 N–H and O–H groups in total. The molecule has 28 heavy (non-hydrogen) atoms. The van der Waals surface area contributed by atoms with Crippen LogP contribution >= 0.6 is 11.6 Å². The highest BCUT2D eigenvalue weighted by Gasteiger charge is 2.16. The van der Waals surface area contributed by atoms with Gasteiger partial charge in [-0.3, -0.25) is 14.6 Å². The van der Waals surface area contributed by atoms with Gasteiger partial charge in [-0.2, -0.15) is 0 Å². The highest BCUT2D eigenvalue weighted by atomic mass is 35.5. The van der Waals surface area contributed by atoms with E-state index in [4.69, 9.17) is 16.3 Å². The fraction of sp³-hybridized carbons (Fsp3) is 0.143. The van der Waals surface area contributed by atoms with Crippen molar-refractivity contribution in [2.45, 2.75) is 13.8 Å². The first-order valence-corrected chi connectivity index (χ1v) is 8.86. The molecule has 0 aliphatic heterocycles. The minimum atomic E-state index is -0.630. The fourth-order valence-corrected chi connectivity index (χ4v) is 2.87. The summed E-state index contributed by atoms with van der Waals surface area (Å²) in [5.74, 6) is -1.18. The monoisotopic (exact) mass is 396 g/mol. The number of hydrogen-bond acceptors (Lipinski definition) is 5. The van der Waals surface area contributed by atoms with Crippen LogP contribution in [0.4, 0.5) is 5.69 Å². The van der Waals surface area contributed by atoms with Gasteiger partial charge in [-0.15, -0.1) is 0 Å². The zero-order valence-corrected chi connectivity index (χ0v) is 16.0. The van der Waals surface area contributed by atoms with Gasteiger partial charge in [0.15, 0.2) is 12.4 Å². The highest BCUT2D eigenvalue weighted by molar-refractivity contribution is 6.31. The lowest BCUT2D eigenvalue weighted by atomic mass is 10.1. The van der Waals surface area contributed by atoms with Crippen molar-refractivity contribution in [3.8, 4) is 0 Å². The van der Waals surface area contributed by atoms with E-state index in [0.29, 0.717) is 32.9 Å². The lowest BCUT2D eigenvalue weighted by Crippen LogP contribution is -2.15. The number of anilines is 1. The third kappa shape index (κ3) is 4.53. The maximum absolute atomic E-state index is 12.4. The molecule has 2 aromatic carbocycles.